The van der Waals surface area contributed by atoms with Crippen LogP contribution in [-0.2, 0) is 4.79 Å². The van der Waals surface area contributed by atoms with Crippen LogP contribution in [0, 0.1) is 11.8 Å². The van der Waals surface area contributed by atoms with Gasteiger partial charge in [-0.05, 0) is 35.4 Å². The summed E-state index contributed by atoms with van der Waals surface area (Å²) in [5.41, 5.74) is 1.37. The molecule has 0 saturated carbocycles. The van der Waals surface area contributed by atoms with Gasteiger partial charge in [-0.15, -0.1) is 0 Å². The van der Waals surface area contributed by atoms with E-state index in [4.69, 9.17) is 0 Å². The van der Waals surface area contributed by atoms with Crippen molar-refractivity contribution in [2.75, 3.05) is 0 Å². The lowest BCUT2D eigenvalue weighted by Crippen LogP contribution is -2.28. The summed E-state index contributed by atoms with van der Waals surface area (Å²) in [6.07, 6.45) is -1.80. The Hall–Kier alpha value is -1.01. The van der Waals surface area contributed by atoms with Crippen LogP contribution in [-0.4, -0.2) is 16.0 Å². The van der Waals surface area contributed by atoms with Crippen molar-refractivity contribution in [2.45, 2.75) is 26.1 Å². The predicted molar refractivity (Wildman–Crippen MR) is 102 cm³/mol. The van der Waals surface area contributed by atoms with Crippen LogP contribution in [0.4, 0.5) is 0 Å². The maximum Gasteiger partial charge on any atom is 0.144 e. The van der Waals surface area contributed by atoms with Gasteiger partial charge >= 0.3 is 0 Å². The molecule has 0 unspecified atom stereocenters. The molecule has 4 atom stereocenters. The van der Waals surface area contributed by atoms with Crippen LogP contribution in [0.3, 0.4) is 0 Å². The van der Waals surface area contributed by atoms with Crippen molar-refractivity contribution in [1.82, 2.24) is 0 Å². The Morgan fingerprint density at radius 3 is 1.33 bits per heavy atom. The van der Waals surface area contributed by atoms with Crippen LogP contribution in [0.5, 0.6) is 0 Å². The van der Waals surface area contributed by atoms with Crippen molar-refractivity contribution in [3.63, 3.8) is 0 Å². The Balaban J connectivity index is 2.10. The molecule has 0 aromatic heterocycles. The van der Waals surface area contributed by atoms with Gasteiger partial charge in [-0.3, -0.25) is 4.79 Å². The minimum atomic E-state index is -0.898. The van der Waals surface area contributed by atoms with E-state index in [9.17, 15) is 15.0 Å². The zero-order valence-corrected chi connectivity index (χ0v) is 16.7. The first kappa shape index (κ1) is 19.3. The zero-order chi connectivity index (χ0) is 17.9. The highest BCUT2D eigenvalue weighted by atomic mass is 79.9. The lowest BCUT2D eigenvalue weighted by molar-refractivity contribution is -0.132. The molecule has 0 spiro atoms. The summed E-state index contributed by atoms with van der Waals surface area (Å²) in [6, 6.07) is 14.5. The average molecular weight is 456 g/mol. The third kappa shape index (κ3) is 4.54. The van der Waals surface area contributed by atoms with Gasteiger partial charge in [0.1, 0.15) is 5.78 Å². The molecule has 2 aromatic rings. The number of aliphatic hydroxyl groups excluding tert-OH is 2. The average Bonchev–Trinajstić information content (AvgIpc) is 2.60. The minimum Gasteiger partial charge on any atom is -0.388 e. The molecule has 0 aliphatic carbocycles. The summed E-state index contributed by atoms with van der Waals surface area (Å²) >= 11 is 6.70. The van der Waals surface area contributed by atoms with Crippen molar-refractivity contribution >= 4 is 37.6 Å². The maximum atomic E-state index is 12.7. The molecule has 2 aromatic carbocycles. The van der Waals surface area contributed by atoms with Crippen LogP contribution in [0.1, 0.15) is 37.2 Å². The van der Waals surface area contributed by atoms with Crippen LogP contribution >= 0.6 is 31.9 Å². The van der Waals surface area contributed by atoms with Gasteiger partial charge in [0.15, 0.2) is 0 Å². The Kier molecular flexibility index (Phi) is 6.75. The number of hydrogen-bond acceptors (Lipinski definition) is 3. The fourth-order valence-electron chi connectivity index (χ4n) is 2.62. The molecule has 0 amide bonds. The summed E-state index contributed by atoms with van der Waals surface area (Å²) in [7, 11) is 0. The number of hydrogen-bond donors (Lipinski definition) is 2. The van der Waals surface area contributed by atoms with Gasteiger partial charge in [0, 0.05) is 20.8 Å². The quantitative estimate of drug-likeness (QED) is 0.656. The number of Topliss-reactive ketones (excluding diaryl/α,β-unsaturated/α-hetero) is 1. The Bertz CT molecular complexity index is 623. The fraction of sp³-hybridized carbons (Fsp3) is 0.316. The smallest absolute Gasteiger partial charge is 0.144 e. The second-order valence-corrected chi connectivity index (χ2v) is 7.80. The molecule has 0 bridgehead atoms. The van der Waals surface area contributed by atoms with E-state index in [2.05, 4.69) is 31.9 Å². The van der Waals surface area contributed by atoms with E-state index < -0.39 is 24.0 Å². The van der Waals surface area contributed by atoms with Gasteiger partial charge in [-0.1, -0.05) is 70.0 Å². The second kappa shape index (κ2) is 8.39. The number of benzene rings is 2. The number of carbonyl (C=O) groups is 1. The normalized spacial score (nSPS) is 16.2. The Morgan fingerprint density at radius 2 is 1.04 bits per heavy atom. The highest BCUT2D eigenvalue weighted by molar-refractivity contribution is 9.10. The number of carbonyl (C=O) groups excluding carboxylic acids is 1. The molecule has 0 heterocycles. The third-order valence-corrected chi connectivity index (χ3v) is 5.33. The summed E-state index contributed by atoms with van der Waals surface area (Å²) in [6.45, 7) is 3.39. The van der Waals surface area contributed by atoms with Crippen molar-refractivity contribution in [3.8, 4) is 0 Å². The molecule has 0 saturated heterocycles. The minimum absolute atomic E-state index is 0.166. The van der Waals surface area contributed by atoms with E-state index in [1.807, 2.05) is 24.3 Å². The molecule has 2 rings (SSSR count). The summed E-state index contributed by atoms with van der Waals surface area (Å²) in [5.74, 6) is -1.38. The van der Waals surface area contributed by atoms with Crippen molar-refractivity contribution < 1.29 is 15.0 Å². The molecule has 128 valence electrons. The highest BCUT2D eigenvalue weighted by Crippen LogP contribution is 2.31. The maximum absolute atomic E-state index is 12.7. The van der Waals surface area contributed by atoms with E-state index >= 15 is 0 Å². The molecule has 0 aliphatic rings. The van der Waals surface area contributed by atoms with Crippen molar-refractivity contribution in [1.29, 1.82) is 0 Å². The molecule has 2 N–H and O–H groups in total. The topological polar surface area (TPSA) is 57.5 Å². The number of halogens is 2. The van der Waals surface area contributed by atoms with Crippen LogP contribution in [0.2, 0.25) is 0 Å². The first-order chi connectivity index (χ1) is 11.3. The standard InChI is InChI=1S/C19H20Br2O3/c1-11(18(23)13-3-7-15(20)8-4-13)17(22)12(2)19(24)14-5-9-16(21)10-6-14/h3-12,18-19,23-24H,1-2H3/t11-,12-,18-,19-/m1/s1. The van der Waals surface area contributed by atoms with Crippen molar-refractivity contribution in [2.24, 2.45) is 11.8 Å². The number of ketones is 1. The summed E-state index contributed by atoms with van der Waals surface area (Å²) in [4.78, 5) is 12.7. The van der Waals surface area contributed by atoms with Gasteiger partial charge in [0.05, 0.1) is 12.2 Å². The summed E-state index contributed by atoms with van der Waals surface area (Å²) in [5, 5.41) is 20.9. The van der Waals surface area contributed by atoms with E-state index in [1.54, 1.807) is 38.1 Å². The van der Waals surface area contributed by atoms with E-state index in [0.717, 1.165) is 8.95 Å². The lowest BCUT2D eigenvalue weighted by Gasteiger charge is -2.25. The molecule has 0 aliphatic heterocycles. The number of aliphatic hydroxyl groups is 2. The van der Waals surface area contributed by atoms with Gasteiger partial charge < -0.3 is 10.2 Å². The zero-order valence-electron chi connectivity index (χ0n) is 13.5. The monoisotopic (exact) mass is 454 g/mol. The van der Waals surface area contributed by atoms with Gasteiger partial charge in [0.25, 0.3) is 0 Å². The highest BCUT2D eigenvalue weighted by Gasteiger charge is 2.31. The molecular formula is C19H20Br2O3. The fourth-order valence-corrected chi connectivity index (χ4v) is 3.15. The molecule has 3 nitrogen and oxygen atoms in total. The molecule has 5 heteroatoms. The van der Waals surface area contributed by atoms with Gasteiger partial charge in [-0.2, -0.15) is 0 Å². The van der Waals surface area contributed by atoms with Crippen LogP contribution in [0.15, 0.2) is 57.5 Å². The predicted octanol–water partition coefficient (Wildman–Crippen LogP) is 4.82. The first-order valence-electron chi connectivity index (χ1n) is 7.72. The van der Waals surface area contributed by atoms with E-state index in [-0.39, 0.29) is 5.78 Å². The SMILES string of the molecule is C[C@H](C(=O)[C@@H](C)[C@@H](O)c1ccc(Br)cc1)[C@@H](O)c1ccc(Br)cc1. The summed E-state index contributed by atoms with van der Waals surface area (Å²) < 4.78 is 1.83. The largest absolute Gasteiger partial charge is 0.388 e. The van der Waals surface area contributed by atoms with E-state index in [0.29, 0.717) is 11.1 Å². The first-order valence-corrected chi connectivity index (χ1v) is 9.30. The Morgan fingerprint density at radius 1 is 0.750 bits per heavy atom. The van der Waals surface area contributed by atoms with E-state index in [1.165, 1.54) is 0 Å². The van der Waals surface area contributed by atoms with Crippen molar-refractivity contribution in [3.05, 3.63) is 68.6 Å². The van der Waals surface area contributed by atoms with Gasteiger partial charge in [-0.25, -0.2) is 0 Å². The molecular weight excluding hydrogens is 436 g/mol. The second-order valence-electron chi connectivity index (χ2n) is 5.97. The lowest BCUT2D eigenvalue weighted by atomic mass is 9.83. The van der Waals surface area contributed by atoms with Crippen LogP contribution in [0.25, 0.3) is 0 Å². The molecule has 24 heavy (non-hydrogen) atoms. The molecule has 0 fully saturated rings. The number of rotatable bonds is 6. The Labute approximate surface area is 159 Å². The van der Waals surface area contributed by atoms with Crippen LogP contribution < -0.4 is 0 Å². The van der Waals surface area contributed by atoms with Gasteiger partial charge in [0.2, 0.25) is 0 Å². The molecule has 0 radical (unpaired) electrons. The third-order valence-electron chi connectivity index (χ3n) is 4.27.